The number of carbonyl (C=O) groups excluding carboxylic acids is 4. The Morgan fingerprint density at radius 3 is 2.02 bits per heavy atom. The van der Waals surface area contributed by atoms with Gasteiger partial charge in [-0.15, -0.1) is 0 Å². The van der Waals surface area contributed by atoms with Gasteiger partial charge < -0.3 is 24.1 Å². The van der Waals surface area contributed by atoms with Crippen molar-refractivity contribution in [1.82, 2.24) is 0 Å². The van der Waals surface area contributed by atoms with Crippen LogP contribution in [0.3, 0.4) is 0 Å². The first-order chi connectivity index (χ1) is 20.7. The number of fused-ring (bicyclic) bond motifs is 5. The normalized spacial score (nSPS) is 38.5. The molecule has 6 unspecified atom stereocenters. The van der Waals surface area contributed by atoms with Crippen LogP contribution in [0.2, 0.25) is 0 Å². The van der Waals surface area contributed by atoms with E-state index < -0.39 is 6.10 Å². The molecule has 4 aliphatic rings. The molecular weight excluding hydrogens is 564 g/mol. The fraction of sp³-hybridized carbons (Fsp3) is 0.886. The summed E-state index contributed by atoms with van der Waals surface area (Å²) < 4.78 is 22.2. The van der Waals surface area contributed by atoms with Crippen molar-refractivity contribution in [2.24, 2.45) is 52.3 Å². The number of hydrogen-bond donors (Lipinski definition) is 1. The molecule has 0 saturated heterocycles. The molecule has 44 heavy (non-hydrogen) atoms. The van der Waals surface area contributed by atoms with Crippen LogP contribution in [0.25, 0.3) is 0 Å². The second kappa shape index (κ2) is 14.1. The molecule has 0 aromatic rings. The fourth-order valence-electron chi connectivity index (χ4n) is 10.4. The van der Waals surface area contributed by atoms with Crippen molar-refractivity contribution >= 4 is 23.9 Å². The van der Waals surface area contributed by atoms with Crippen molar-refractivity contribution in [3.05, 3.63) is 0 Å². The van der Waals surface area contributed by atoms with Crippen LogP contribution in [-0.4, -0.2) is 60.5 Å². The van der Waals surface area contributed by atoms with Crippen molar-refractivity contribution < 1.29 is 43.2 Å². The summed E-state index contributed by atoms with van der Waals surface area (Å²) in [6, 6.07) is 0. The predicted octanol–water partition coefficient (Wildman–Crippen LogP) is 5.64. The van der Waals surface area contributed by atoms with Gasteiger partial charge in [0, 0.05) is 39.5 Å². The maximum absolute atomic E-state index is 12.4. The monoisotopic (exact) mass is 620 g/mol. The average molecular weight is 621 g/mol. The molecule has 9 nitrogen and oxygen atoms in total. The van der Waals surface area contributed by atoms with Crippen molar-refractivity contribution in [2.75, 3.05) is 13.2 Å². The van der Waals surface area contributed by atoms with Gasteiger partial charge >= 0.3 is 23.9 Å². The Bertz CT molecular complexity index is 1040. The Morgan fingerprint density at radius 1 is 0.795 bits per heavy atom. The number of carbonyl (C=O) groups is 4. The summed E-state index contributed by atoms with van der Waals surface area (Å²) in [5.41, 5.74) is -0.269. The maximum atomic E-state index is 12.4. The van der Waals surface area contributed by atoms with Gasteiger partial charge in [0.05, 0.1) is 19.3 Å². The molecule has 0 aromatic heterocycles. The van der Waals surface area contributed by atoms with Crippen LogP contribution in [0.15, 0.2) is 0 Å². The molecular formula is C35H56O9. The minimum atomic E-state index is -0.441. The third-order valence-electron chi connectivity index (χ3n) is 12.4. The van der Waals surface area contributed by atoms with Crippen LogP contribution in [0.4, 0.5) is 0 Å². The van der Waals surface area contributed by atoms with E-state index in [1.54, 1.807) is 0 Å². The zero-order valence-corrected chi connectivity index (χ0v) is 28.0. The lowest BCUT2D eigenvalue weighted by Gasteiger charge is -2.64. The summed E-state index contributed by atoms with van der Waals surface area (Å²) >= 11 is 0. The van der Waals surface area contributed by atoms with Crippen molar-refractivity contribution in [3.63, 3.8) is 0 Å². The minimum absolute atomic E-state index is 0.00285. The largest absolute Gasteiger partial charge is 0.465 e. The standard InChI is InChI=1S/C35H56O9/c1-20(9-8-10-25(18-41-21(2)36)19-42-22(3)37)28-11-12-29-33-30(17-32(40)35(28,29)7)34(6)14-13-27(43-23(4)38)15-26(34)16-31(33)44-24(5)39/h20,25-33,40H,8-19H2,1-7H3/t20?,26?,27?,28-,29+,30+,31?,32+,33+,34?,35?/m1/s1. The first kappa shape index (κ1) is 34.7. The topological polar surface area (TPSA) is 125 Å². The number of esters is 4. The fourth-order valence-corrected chi connectivity index (χ4v) is 10.4. The zero-order chi connectivity index (χ0) is 32.4. The molecule has 1 N–H and O–H groups in total. The van der Waals surface area contributed by atoms with E-state index in [1.165, 1.54) is 27.7 Å². The van der Waals surface area contributed by atoms with Gasteiger partial charge in [-0.25, -0.2) is 0 Å². The second-order valence-corrected chi connectivity index (χ2v) is 15.1. The van der Waals surface area contributed by atoms with Gasteiger partial charge in [0.2, 0.25) is 0 Å². The van der Waals surface area contributed by atoms with Gasteiger partial charge in [-0.3, -0.25) is 19.2 Å². The molecule has 0 amide bonds. The van der Waals surface area contributed by atoms with E-state index in [4.69, 9.17) is 18.9 Å². The highest BCUT2D eigenvalue weighted by Crippen LogP contribution is 2.69. The van der Waals surface area contributed by atoms with E-state index >= 15 is 0 Å². The Kier molecular flexibility index (Phi) is 11.1. The van der Waals surface area contributed by atoms with Gasteiger partial charge in [-0.05, 0) is 91.8 Å². The van der Waals surface area contributed by atoms with Gasteiger partial charge in [-0.2, -0.15) is 0 Å². The summed E-state index contributed by atoms with van der Waals surface area (Å²) in [6.45, 7) is 13.2. The Labute approximate surface area is 263 Å². The highest BCUT2D eigenvalue weighted by Gasteiger charge is 2.66. The van der Waals surface area contributed by atoms with E-state index in [9.17, 15) is 24.3 Å². The third kappa shape index (κ3) is 7.28. The molecule has 0 bridgehead atoms. The van der Waals surface area contributed by atoms with Crippen molar-refractivity contribution in [3.8, 4) is 0 Å². The lowest BCUT2D eigenvalue weighted by molar-refractivity contribution is -0.218. The molecule has 0 aliphatic heterocycles. The lowest BCUT2D eigenvalue weighted by Crippen LogP contribution is -2.63. The van der Waals surface area contributed by atoms with E-state index in [1.807, 2.05) is 0 Å². The minimum Gasteiger partial charge on any atom is -0.465 e. The molecule has 0 spiro atoms. The third-order valence-corrected chi connectivity index (χ3v) is 12.4. The molecule has 250 valence electrons. The second-order valence-electron chi connectivity index (χ2n) is 15.1. The SMILES string of the molecule is CC(=O)OCC(CCCC(C)[C@H]1CC[C@H]2[C@@H]3C(OC(C)=O)CC4CC(OC(C)=O)CCC4(C)[C@H]3C[C@H](O)C12C)COC(C)=O. The molecule has 0 heterocycles. The van der Waals surface area contributed by atoms with Crippen LogP contribution in [0.1, 0.15) is 113 Å². The zero-order valence-electron chi connectivity index (χ0n) is 28.0. The van der Waals surface area contributed by atoms with Crippen LogP contribution in [0.5, 0.6) is 0 Å². The van der Waals surface area contributed by atoms with Crippen LogP contribution in [-0.2, 0) is 38.1 Å². The molecule has 4 saturated carbocycles. The maximum Gasteiger partial charge on any atom is 0.302 e. The summed E-state index contributed by atoms with van der Waals surface area (Å²) in [6.07, 6.45) is 8.03. The number of aliphatic hydroxyl groups is 1. The molecule has 4 rings (SSSR count). The molecule has 0 radical (unpaired) electrons. The number of ether oxygens (including phenoxy) is 4. The number of hydrogen-bond acceptors (Lipinski definition) is 9. The van der Waals surface area contributed by atoms with Gasteiger partial charge in [0.15, 0.2) is 0 Å². The summed E-state index contributed by atoms with van der Waals surface area (Å²) in [5, 5.41) is 12.0. The first-order valence-electron chi connectivity index (χ1n) is 17.0. The van der Waals surface area contributed by atoms with Crippen LogP contribution in [0, 0.1) is 52.3 Å². The Hall–Kier alpha value is -2.16. The lowest BCUT2D eigenvalue weighted by atomic mass is 9.43. The summed E-state index contributed by atoms with van der Waals surface area (Å²) in [5.74, 6) is 0.469. The van der Waals surface area contributed by atoms with Gasteiger partial charge in [-0.1, -0.05) is 33.6 Å². The Morgan fingerprint density at radius 2 is 1.43 bits per heavy atom. The van der Waals surface area contributed by atoms with E-state index in [0.717, 1.165) is 57.8 Å². The smallest absolute Gasteiger partial charge is 0.302 e. The van der Waals surface area contributed by atoms with E-state index in [-0.39, 0.29) is 89.7 Å². The Balaban J connectivity index is 1.48. The molecule has 11 atom stereocenters. The van der Waals surface area contributed by atoms with Crippen molar-refractivity contribution in [2.45, 2.75) is 131 Å². The highest BCUT2D eigenvalue weighted by molar-refractivity contribution is 5.67. The van der Waals surface area contributed by atoms with Gasteiger partial charge in [0.25, 0.3) is 0 Å². The molecule has 4 fully saturated rings. The van der Waals surface area contributed by atoms with E-state index in [0.29, 0.717) is 18.3 Å². The summed E-state index contributed by atoms with van der Waals surface area (Å²) in [4.78, 5) is 46.9. The first-order valence-corrected chi connectivity index (χ1v) is 17.0. The number of rotatable bonds is 11. The average Bonchev–Trinajstić information content (AvgIpc) is 3.28. The quantitative estimate of drug-likeness (QED) is 0.231. The predicted molar refractivity (Wildman–Crippen MR) is 163 cm³/mol. The van der Waals surface area contributed by atoms with Gasteiger partial charge in [0.1, 0.15) is 12.2 Å². The van der Waals surface area contributed by atoms with Crippen LogP contribution < -0.4 is 0 Å². The number of aliphatic hydroxyl groups excluding tert-OH is 1. The van der Waals surface area contributed by atoms with E-state index in [2.05, 4.69) is 20.8 Å². The van der Waals surface area contributed by atoms with Crippen LogP contribution >= 0.6 is 0 Å². The molecule has 4 aliphatic carbocycles. The molecule has 0 aromatic carbocycles. The summed E-state index contributed by atoms with van der Waals surface area (Å²) in [7, 11) is 0. The van der Waals surface area contributed by atoms with Crippen molar-refractivity contribution in [1.29, 1.82) is 0 Å². The highest BCUT2D eigenvalue weighted by atomic mass is 16.6. The molecule has 9 heteroatoms.